The van der Waals surface area contributed by atoms with Gasteiger partial charge in [0.05, 0.1) is 11.3 Å². The summed E-state index contributed by atoms with van der Waals surface area (Å²) in [4.78, 5) is 1.14. The van der Waals surface area contributed by atoms with Crippen LogP contribution in [0.5, 0.6) is 0 Å². The molecule has 0 saturated carbocycles. The van der Waals surface area contributed by atoms with Crippen LogP contribution in [0.1, 0.15) is 21.8 Å². The van der Waals surface area contributed by atoms with Crippen molar-refractivity contribution in [3.63, 3.8) is 0 Å². The van der Waals surface area contributed by atoms with E-state index in [1.807, 2.05) is 37.5 Å². The Balaban J connectivity index is 2.72. The molecule has 0 atom stereocenters. The van der Waals surface area contributed by atoms with Crippen LogP contribution in [0.25, 0.3) is 5.00 Å². The number of nitrogen functional groups attached to an aromatic ring is 1. The summed E-state index contributed by atoms with van der Waals surface area (Å²) in [5.74, 6) is 0. The van der Waals surface area contributed by atoms with Gasteiger partial charge in [-0.1, -0.05) is 0 Å². The SMILES string of the molecule is Cc1cc(C#N)c(-n2c(C)cc(N)c2C)s1. The molecule has 0 radical (unpaired) electrons. The third-order valence-electron chi connectivity index (χ3n) is 2.63. The molecule has 0 aliphatic rings. The Labute approximate surface area is 98.7 Å². The minimum atomic E-state index is 0.712. The summed E-state index contributed by atoms with van der Waals surface area (Å²) in [7, 11) is 0. The van der Waals surface area contributed by atoms with Crippen molar-refractivity contribution in [1.29, 1.82) is 5.26 Å². The number of nitriles is 1. The monoisotopic (exact) mass is 231 g/mol. The van der Waals surface area contributed by atoms with Crippen LogP contribution >= 0.6 is 11.3 Å². The second kappa shape index (κ2) is 3.69. The molecule has 0 saturated heterocycles. The van der Waals surface area contributed by atoms with Crippen LogP contribution in [0.4, 0.5) is 5.69 Å². The van der Waals surface area contributed by atoms with Gasteiger partial charge in [-0.2, -0.15) is 5.26 Å². The summed E-state index contributed by atoms with van der Waals surface area (Å²) >= 11 is 1.62. The molecule has 16 heavy (non-hydrogen) atoms. The Kier molecular flexibility index (Phi) is 2.49. The van der Waals surface area contributed by atoms with Crippen molar-refractivity contribution >= 4 is 17.0 Å². The lowest BCUT2D eigenvalue weighted by atomic mass is 10.3. The molecule has 2 rings (SSSR count). The van der Waals surface area contributed by atoms with E-state index < -0.39 is 0 Å². The van der Waals surface area contributed by atoms with Crippen LogP contribution in [0.3, 0.4) is 0 Å². The molecule has 2 N–H and O–H groups in total. The molecule has 0 aliphatic carbocycles. The fourth-order valence-electron chi connectivity index (χ4n) is 1.85. The van der Waals surface area contributed by atoms with E-state index in [1.165, 1.54) is 0 Å². The average Bonchev–Trinajstić information content (AvgIpc) is 2.69. The number of aromatic nitrogens is 1. The number of thiophene rings is 1. The van der Waals surface area contributed by atoms with Gasteiger partial charge in [0.2, 0.25) is 0 Å². The summed E-state index contributed by atoms with van der Waals surface area (Å²) in [6.45, 7) is 5.98. The molecule has 0 aliphatic heterocycles. The van der Waals surface area contributed by atoms with Gasteiger partial charge in [0, 0.05) is 16.3 Å². The van der Waals surface area contributed by atoms with Crippen LogP contribution in [0, 0.1) is 32.1 Å². The highest BCUT2D eigenvalue weighted by molar-refractivity contribution is 7.14. The van der Waals surface area contributed by atoms with E-state index in [-0.39, 0.29) is 0 Å². The Morgan fingerprint density at radius 1 is 1.31 bits per heavy atom. The molecule has 0 unspecified atom stereocenters. The Morgan fingerprint density at radius 2 is 2.00 bits per heavy atom. The second-order valence-corrected chi connectivity index (χ2v) is 5.08. The number of hydrogen-bond donors (Lipinski definition) is 1. The summed E-state index contributed by atoms with van der Waals surface area (Å²) < 4.78 is 2.05. The van der Waals surface area contributed by atoms with E-state index in [0.29, 0.717) is 5.56 Å². The van der Waals surface area contributed by atoms with Gasteiger partial charge in [0.1, 0.15) is 11.1 Å². The molecular weight excluding hydrogens is 218 g/mol. The lowest BCUT2D eigenvalue weighted by Crippen LogP contribution is -1.99. The largest absolute Gasteiger partial charge is 0.397 e. The minimum absolute atomic E-state index is 0.712. The van der Waals surface area contributed by atoms with Gasteiger partial charge in [0.25, 0.3) is 0 Å². The second-order valence-electron chi connectivity index (χ2n) is 3.85. The molecule has 0 amide bonds. The molecule has 3 nitrogen and oxygen atoms in total. The van der Waals surface area contributed by atoms with Crippen LogP contribution in [0.15, 0.2) is 12.1 Å². The predicted octanol–water partition coefficient (Wildman–Crippen LogP) is 2.92. The number of aryl methyl sites for hydroxylation is 2. The summed E-state index contributed by atoms with van der Waals surface area (Å²) in [5, 5.41) is 10.1. The van der Waals surface area contributed by atoms with Crippen molar-refractivity contribution in [2.75, 3.05) is 5.73 Å². The normalized spacial score (nSPS) is 10.4. The van der Waals surface area contributed by atoms with Crippen LogP contribution in [-0.4, -0.2) is 4.57 Å². The number of nitrogens with two attached hydrogens (primary N) is 1. The molecule has 0 spiro atoms. The van der Waals surface area contributed by atoms with Crippen molar-refractivity contribution in [1.82, 2.24) is 4.57 Å². The first kappa shape index (κ1) is 10.8. The first-order chi connectivity index (χ1) is 7.54. The van der Waals surface area contributed by atoms with Crippen molar-refractivity contribution < 1.29 is 0 Å². The first-order valence-electron chi connectivity index (χ1n) is 5.00. The van der Waals surface area contributed by atoms with Crippen molar-refractivity contribution in [2.45, 2.75) is 20.8 Å². The highest BCUT2D eigenvalue weighted by Crippen LogP contribution is 2.30. The van der Waals surface area contributed by atoms with E-state index >= 15 is 0 Å². The van der Waals surface area contributed by atoms with E-state index in [1.54, 1.807) is 11.3 Å². The van der Waals surface area contributed by atoms with E-state index in [2.05, 4.69) is 6.07 Å². The maximum atomic E-state index is 9.09. The number of hydrogen-bond acceptors (Lipinski definition) is 3. The standard InChI is InChI=1S/C12H13N3S/c1-7-4-11(14)9(3)15(7)12-10(6-13)5-8(2)16-12/h4-5H,14H2,1-3H3. The van der Waals surface area contributed by atoms with Crippen LogP contribution in [0.2, 0.25) is 0 Å². The average molecular weight is 231 g/mol. The van der Waals surface area contributed by atoms with Gasteiger partial charge < -0.3 is 10.3 Å². The zero-order valence-electron chi connectivity index (χ0n) is 9.53. The molecule has 0 fully saturated rings. The minimum Gasteiger partial charge on any atom is -0.397 e. The Hall–Kier alpha value is -1.73. The molecule has 82 valence electrons. The first-order valence-corrected chi connectivity index (χ1v) is 5.81. The molecule has 2 aromatic heterocycles. The smallest absolute Gasteiger partial charge is 0.118 e. The maximum absolute atomic E-state index is 9.09. The zero-order valence-corrected chi connectivity index (χ0v) is 10.4. The number of nitrogens with zero attached hydrogens (tertiary/aromatic N) is 2. The topological polar surface area (TPSA) is 54.7 Å². The summed E-state index contributed by atoms with van der Waals surface area (Å²) in [5.41, 5.74) is 9.42. The van der Waals surface area contributed by atoms with Gasteiger partial charge in [0.15, 0.2) is 0 Å². The summed E-state index contributed by atoms with van der Waals surface area (Å²) in [6.07, 6.45) is 0. The van der Waals surface area contributed by atoms with Crippen molar-refractivity contribution in [3.8, 4) is 11.1 Å². The quantitative estimate of drug-likeness (QED) is 0.820. The molecule has 2 heterocycles. The van der Waals surface area contributed by atoms with Gasteiger partial charge in [-0.05, 0) is 32.9 Å². The Morgan fingerprint density at radius 3 is 2.50 bits per heavy atom. The third kappa shape index (κ3) is 1.50. The zero-order chi connectivity index (χ0) is 11.9. The highest BCUT2D eigenvalue weighted by Gasteiger charge is 2.14. The van der Waals surface area contributed by atoms with E-state index in [9.17, 15) is 0 Å². The van der Waals surface area contributed by atoms with E-state index in [4.69, 9.17) is 11.0 Å². The third-order valence-corrected chi connectivity index (χ3v) is 3.67. The lowest BCUT2D eigenvalue weighted by Gasteiger charge is -2.06. The number of rotatable bonds is 1. The molecule has 2 aromatic rings. The van der Waals surface area contributed by atoms with E-state index in [0.717, 1.165) is 27.0 Å². The maximum Gasteiger partial charge on any atom is 0.118 e. The fourth-order valence-corrected chi connectivity index (χ4v) is 2.92. The fraction of sp³-hybridized carbons (Fsp3) is 0.250. The van der Waals surface area contributed by atoms with Crippen molar-refractivity contribution in [3.05, 3.63) is 34.0 Å². The molecular formula is C12H13N3S. The van der Waals surface area contributed by atoms with Crippen LogP contribution in [-0.2, 0) is 0 Å². The van der Waals surface area contributed by atoms with Gasteiger partial charge in [-0.3, -0.25) is 0 Å². The van der Waals surface area contributed by atoms with Gasteiger partial charge in [-0.15, -0.1) is 11.3 Å². The van der Waals surface area contributed by atoms with Gasteiger partial charge in [-0.25, -0.2) is 0 Å². The summed E-state index contributed by atoms with van der Waals surface area (Å²) in [6, 6.07) is 6.08. The number of anilines is 1. The molecule has 4 heteroatoms. The molecule has 0 aromatic carbocycles. The van der Waals surface area contributed by atoms with Crippen LogP contribution < -0.4 is 5.73 Å². The van der Waals surface area contributed by atoms with Crippen molar-refractivity contribution in [2.24, 2.45) is 0 Å². The van der Waals surface area contributed by atoms with Gasteiger partial charge >= 0.3 is 0 Å². The predicted molar refractivity (Wildman–Crippen MR) is 67.0 cm³/mol. The Bertz CT molecular complexity index is 584. The molecule has 0 bridgehead atoms. The highest BCUT2D eigenvalue weighted by atomic mass is 32.1. The lowest BCUT2D eigenvalue weighted by molar-refractivity contribution is 0.984.